The number of hydrogen-bond acceptors (Lipinski definition) is 6. The minimum Gasteiger partial charge on any atom is -0.492 e. The summed E-state index contributed by atoms with van der Waals surface area (Å²) in [5, 5.41) is 19.1. The molecule has 0 aliphatic carbocycles. The lowest BCUT2D eigenvalue weighted by Gasteiger charge is -2.15. The molecule has 0 aliphatic heterocycles. The lowest BCUT2D eigenvalue weighted by Crippen LogP contribution is -2.26. The van der Waals surface area contributed by atoms with Crippen molar-refractivity contribution in [3.05, 3.63) is 84.1 Å². The van der Waals surface area contributed by atoms with E-state index in [9.17, 15) is 26.7 Å². The molecule has 0 unspecified atom stereocenters. The third kappa shape index (κ3) is 6.14. The van der Waals surface area contributed by atoms with Crippen LogP contribution in [-0.2, 0) is 16.2 Å². The number of anilines is 1. The molecule has 0 bridgehead atoms. The Kier molecular flexibility index (Phi) is 7.48. The van der Waals surface area contributed by atoms with Gasteiger partial charge in [-0.2, -0.15) is 18.3 Å². The first-order chi connectivity index (χ1) is 17.1. The minimum atomic E-state index is -4.54. The molecule has 3 aromatic carbocycles. The van der Waals surface area contributed by atoms with Crippen molar-refractivity contribution in [1.82, 2.24) is 15.5 Å². The molecule has 0 fully saturated rings. The maximum atomic E-state index is 12.9. The van der Waals surface area contributed by atoms with Crippen LogP contribution in [0.4, 0.5) is 18.9 Å². The smallest absolute Gasteiger partial charge is 0.435 e. The molecule has 4 aromatic rings. The normalized spacial score (nSPS) is 13.0. The molecular weight excluding hydrogens is 497 g/mol. The first-order valence-electron chi connectivity index (χ1n) is 10.9. The van der Waals surface area contributed by atoms with Crippen molar-refractivity contribution in [2.45, 2.75) is 17.2 Å². The fraction of sp³-hybridized carbons (Fsp3) is 0.208. The van der Waals surface area contributed by atoms with Crippen LogP contribution in [0.3, 0.4) is 0 Å². The second-order valence-corrected chi connectivity index (χ2v) is 9.57. The van der Waals surface area contributed by atoms with E-state index in [1.165, 1.54) is 30.3 Å². The summed E-state index contributed by atoms with van der Waals surface area (Å²) >= 11 is 0. The standard InChI is InChI=1S/C24H23F3N4O4S/c25-24(26,27)23-20-10-9-18(14-21(20)29-30-23)35-12-11-28-15-22(32)16-5-4-6-17(13-16)31-36(33,34)19-7-2-1-3-8-19/h1-10,13-14,22,28,31-32H,11-12,15H2,(H,29,30)/t22-/m0/s1. The number of aliphatic hydroxyl groups is 1. The molecule has 1 heterocycles. The minimum absolute atomic E-state index is 0.0376. The highest BCUT2D eigenvalue weighted by Crippen LogP contribution is 2.34. The fourth-order valence-electron chi connectivity index (χ4n) is 3.53. The van der Waals surface area contributed by atoms with Crippen LogP contribution in [0.5, 0.6) is 5.75 Å². The van der Waals surface area contributed by atoms with Crippen LogP contribution in [0.15, 0.2) is 77.7 Å². The number of rotatable bonds is 10. The first-order valence-corrected chi connectivity index (χ1v) is 12.4. The van der Waals surface area contributed by atoms with Crippen molar-refractivity contribution < 1.29 is 31.4 Å². The van der Waals surface area contributed by atoms with Gasteiger partial charge in [-0.1, -0.05) is 30.3 Å². The van der Waals surface area contributed by atoms with Gasteiger partial charge in [0.25, 0.3) is 10.0 Å². The highest BCUT2D eigenvalue weighted by Gasteiger charge is 2.35. The summed E-state index contributed by atoms with van der Waals surface area (Å²) in [6.45, 7) is 0.731. The average Bonchev–Trinajstić information content (AvgIpc) is 3.28. The first kappa shape index (κ1) is 25.5. The highest BCUT2D eigenvalue weighted by molar-refractivity contribution is 7.92. The molecule has 8 nitrogen and oxygen atoms in total. The zero-order valence-corrected chi connectivity index (χ0v) is 19.6. The van der Waals surface area contributed by atoms with Gasteiger partial charge in [-0.25, -0.2) is 8.42 Å². The molecule has 4 N–H and O–H groups in total. The van der Waals surface area contributed by atoms with E-state index < -0.39 is 28.0 Å². The van der Waals surface area contributed by atoms with Crippen LogP contribution in [0, 0.1) is 0 Å². The van der Waals surface area contributed by atoms with Crippen LogP contribution >= 0.6 is 0 Å². The van der Waals surface area contributed by atoms with Gasteiger partial charge in [0.2, 0.25) is 0 Å². The summed E-state index contributed by atoms with van der Waals surface area (Å²) < 4.78 is 71.8. The van der Waals surface area contributed by atoms with Crippen LogP contribution in [-0.4, -0.2) is 43.4 Å². The number of H-pyrrole nitrogens is 1. The summed E-state index contributed by atoms with van der Waals surface area (Å²) in [4.78, 5) is 0.130. The third-order valence-electron chi connectivity index (χ3n) is 5.27. The SMILES string of the molecule is O=S(=O)(Nc1cccc([C@@H](O)CNCCOc2ccc3c(C(F)(F)F)n[nH]c3c2)c1)c1ccccc1. The lowest BCUT2D eigenvalue weighted by atomic mass is 10.1. The second-order valence-electron chi connectivity index (χ2n) is 7.89. The fourth-order valence-corrected chi connectivity index (χ4v) is 4.60. The number of nitrogens with zero attached hydrogens (tertiary/aromatic N) is 1. The van der Waals surface area contributed by atoms with Gasteiger partial charge in [0.1, 0.15) is 12.4 Å². The van der Waals surface area contributed by atoms with E-state index in [1.54, 1.807) is 42.5 Å². The number of sulfonamides is 1. The van der Waals surface area contributed by atoms with Gasteiger partial charge in [-0.3, -0.25) is 9.82 Å². The molecule has 0 saturated heterocycles. The van der Waals surface area contributed by atoms with Gasteiger partial charge >= 0.3 is 6.18 Å². The van der Waals surface area contributed by atoms with E-state index in [2.05, 4.69) is 20.2 Å². The summed E-state index contributed by atoms with van der Waals surface area (Å²) in [5.41, 5.74) is 0.0751. The Bertz CT molecular complexity index is 1430. The van der Waals surface area contributed by atoms with Crippen molar-refractivity contribution in [1.29, 1.82) is 0 Å². The monoisotopic (exact) mass is 520 g/mol. The van der Waals surface area contributed by atoms with Crippen molar-refractivity contribution in [2.24, 2.45) is 0 Å². The number of alkyl halides is 3. The van der Waals surface area contributed by atoms with Crippen molar-refractivity contribution in [3.8, 4) is 5.75 Å². The number of fused-ring (bicyclic) bond motifs is 1. The number of aromatic amines is 1. The largest absolute Gasteiger partial charge is 0.492 e. The zero-order valence-electron chi connectivity index (χ0n) is 18.8. The third-order valence-corrected chi connectivity index (χ3v) is 6.66. The molecule has 0 spiro atoms. The number of aromatic nitrogens is 2. The molecule has 0 amide bonds. The highest BCUT2D eigenvalue weighted by atomic mass is 32.2. The van der Waals surface area contributed by atoms with Crippen LogP contribution < -0.4 is 14.8 Å². The Morgan fingerprint density at radius 1 is 1.03 bits per heavy atom. The molecule has 190 valence electrons. The van der Waals surface area contributed by atoms with Crippen molar-refractivity contribution in [3.63, 3.8) is 0 Å². The number of aliphatic hydroxyl groups excluding tert-OH is 1. The second kappa shape index (κ2) is 10.6. The molecule has 12 heteroatoms. The average molecular weight is 521 g/mol. The number of halogens is 3. The Balaban J connectivity index is 1.27. The predicted octanol–water partition coefficient (Wildman–Crippen LogP) is 4.08. The molecule has 4 rings (SSSR count). The van der Waals surface area contributed by atoms with Crippen molar-refractivity contribution in [2.75, 3.05) is 24.4 Å². The molecule has 0 aliphatic rings. The zero-order chi connectivity index (χ0) is 25.8. The number of benzene rings is 3. The van der Waals surface area contributed by atoms with E-state index in [1.807, 2.05) is 0 Å². The summed E-state index contributed by atoms with van der Waals surface area (Å²) in [7, 11) is -3.75. The maximum Gasteiger partial charge on any atom is 0.435 e. The van der Waals surface area contributed by atoms with E-state index >= 15 is 0 Å². The van der Waals surface area contributed by atoms with E-state index in [4.69, 9.17) is 4.74 Å². The summed E-state index contributed by atoms with van der Waals surface area (Å²) in [5.74, 6) is 0.376. The summed E-state index contributed by atoms with van der Waals surface area (Å²) in [6, 6.07) is 18.6. The van der Waals surface area contributed by atoms with Crippen LogP contribution in [0.2, 0.25) is 0 Å². The summed E-state index contributed by atoms with van der Waals surface area (Å²) in [6.07, 6.45) is -5.45. The maximum absolute atomic E-state index is 12.9. The van der Waals surface area contributed by atoms with Crippen LogP contribution in [0.25, 0.3) is 10.9 Å². The van der Waals surface area contributed by atoms with Gasteiger partial charge in [-0.05, 0) is 42.0 Å². The van der Waals surface area contributed by atoms with E-state index in [0.717, 1.165) is 0 Å². The number of hydrogen-bond donors (Lipinski definition) is 4. The van der Waals surface area contributed by atoms with Gasteiger partial charge in [-0.15, -0.1) is 0 Å². The quantitative estimate of drug-likeness (QED) is 0.234. The molecule has 0 saturated carbocycles. The molecule has 1 aromatic heterocycles. The Morgan fingerprint density at radius 2 is 1.81 bits per heavy atom. The molecule has 1 atom stereocenters. The Labute approximate surface area is 205 Å². The Hall–Kier alpha value is -3.61. The number of nitrogens with one attached hydrogen (secondary N) is 3. The van der Waals surface area contributed by atoms with E-state index in [0.29, 0.717) is 23.5 Å². The van der Waals surface area contributed by atoms with Gasteiger partial charge in [0.15, 0.2) is 5.69 Å². The Morgan fingerprint density at radius 3 is 2.56 bits per heavy atom. The topological polar surface area (TPSA) is 116 Å². The van der Waals surface area contributed by atoms with E-state index in [-0.39, 0.29) is 29.0 Å². The molecular formula is C24H23F3N4O4S. The van der Waals surface area contributed by atoms with Crippen molar-refractivity contribution >= 4 is 26.6 Å². The van der Waals surface area contributed by atoms with Crippen LogP contribution in [0.1, 0.15) is 17.4 Å². The van der Waals surface area contributed by atoms with Gasteiger partial charge in [0.05, 0.1) is 16.5 Å². The molecule has 36 heavy (non-hydrogen) atoms. The van der Waals surface area contributed by atoms with Gasteiger partial charge < -0.3 is 15.2 Å². The molecule has 0 radical (unpaired) electrons. The lowest BCUT2D eigenvalue weighted by molar-refractivity contribution is -0.139. The van der Waals surface area contributed by atoms with Gasteiger partial charge in [0, 0.05) is 30.2 Å². The predicted molar refractivity (Wildman–Crippen MR) is 128 cm³/mol. The number of ether oxygens (including phenoxy) is 1.